The van der Waals surface area contributed by atoms with Crippen molar-refractivity contribution in [1.29, 1.82) is 0 Å². The first kappa shape index (κ1) is 13.5. The largest absolute Gasteiger partial charge is 0.204 e. The molecule has 0 radical (unpaired) electrons. The molecular formula is C14H13ClF2S. The molecule has 96 valence electrons. The number of aryl methyl sites for hydroxylation is 1. The summed E-state index contributed by atoms with van der Waals surface area (Å²) < 4.78 is 26.6. The van der Waals surface area contributed by atoms with Gasteiger partial charge in [0.1, 0.15) is 0 Å². The summed E-state index contributed by atoms with van der Waals surface area (Å²) in [6.45, 7) is 2.07. The van der Waals surface area contributed by atoms with Crippen molar-refractivity contribution in [1.82, 2.24) is 0 Å². The maximum absolute atomic E-state index is 13.5. The Morgan fingerprint density at radius 1 is 1.22 bits per heavy atom. The number of rotatable bonds is 4. The third kappa shape index (κ3) is 2.90. The molecule has 0 nitrogen and oxygen atoms in total. The Bertz CT molecular complexity index is 536. The van der Waals surface area contributed by atoms with Crippen LogP contribution in [0, 0.1) is 11.6 Å². The van der Waals surface area contributed by atoms with Gasteiger partial charge in [-0.05, 0) is 36.6 Å². The lowest BCUT2D eigenvalue weighted by Crippen LogP contribution is -1.98. The van der Waals surface area contributed by atoms with Gasteiger partial charge in [0.05, 0.1) is 5.38 Å². The number of hydrogen-bond acceptors (Lipinski definition) is 1. The molecule has 0 aliphatic carbocycles. The topological polar surface area (TPSA) is 0 Å². The quantitative estimate of drug-likeness (QED) is 0.685. The summed E-state index contributed by atoms with van der Waals surface area (Å²) in [5.74, 6) is -1.62. The van der Waals surface area contributed by atoms with Crippen LogP contribution in [0.25, 0.3) is 0 Å². The SMILES string of the molecule is CCc1ccc(C(Cl)Cc2cccc(F)c2F)s1. The monoisotopic (exact) mass is 286 g/mol. The lowest BCUT2D eigenvalue weighted by Gasteiger charge is -2.08. The van der Waals surface area contributed by atoms with Crippen LogP contribution in [0.5, 0.6) is 0 Å². The lowest BCUT2D eigenvalue weighted by atomic mass is 10.1. The van der Waals surface area contributed by atoms with Crippen LogP contribution in [0.3, 0.4) is 0 Å². The fourth-order valence-corrected chi connectivity index (χ4v) is 3.06. The van der Waals surface area contributed by atoms with E-state index in [0.29, 0.717) is 12.0 Å². The molecule has 0 saturated heterocycles. The number of thiophene rings is 1. The van der Waals surface area contributed by atoms with Gasteiger partial charge in [0, 0.05) is 9.75 Å². The second-order valence-corrected chi connectivity index (χ2v) is 5.77. The fourth-order valence-electron chi connectivity index (χ4n) is 1.75. The van der Waals surface area contributed by atoms with Crippen LogP contribution in [0.2, 0.25) is 0 Å². The first-order valence-corrected chi connectivity index (χ1v) is 7.02. The molecule has 0 bridgehead atoms. The standard InChI is InChI=1S/C14H13ClF2S/c1-2-10-6-7-13(18-10)11(15)8-9-4-3-5-12(16)14(9)17/h3-7,11H,2,8H2,1H3. The van der Waals surface area contributed by atoms with Crippen molar-refractivity contribution in [2.24, 2.45) is 0 Å². The minimum atomic E-state index is -0.822. The Morgan fingerprint density at radius 2 is 2.00 bits per heavy atom. The third-order valence-corrected chi connectivity index (χ3v) is 4.63. The molecule has 0 aliphatic rings. The van der Waals surface area contributed by atoms with Crippen LogP contribution in [0.1, 0.15) is 27.6 Å². The zero-order valence-corrected chi connectivity index (χ0v) is 11.5. The Morgan fingerprint density at radius 3 is 2.67 bits per heavy atom. The summed E-state index contributed by atoms with van der Waals surface area (Å²) in [5.41, 5.74) is 0.321. The van der Waals surface area contributed by atoms with Gasteiger partial charge in [-0.3, -0.25) is 0 Å². The Kier molecular flexibility index (Phi) is 4.36. The summed E-state index contributed by atoms with van der Waals surface area (Å²) in [6, 6.07) is 8.17. The van der Waals surface area contributed by atoms with Crippen LogP contribution in [-0.2, 0) is 12.8 Å². The molecule has 0 fully saturated rings. The summed E-state index contributed by atoms with van der Waals surface area (Å²) in [6.07, 6.45) is 1.26. The molecule has 2 aromatic rings. The van der Waals surface area contributed by atoms with Crippen molar-refractivity contribution >= 4 is 22.9 Å². The average molecular weight is 287 g/mol. The fraction of sp³-hybridized carbons (Fsp3) is 0.286. The second kappa shape index (κ2) is 5.81. The third-order valence-electron chi connectivity index (χ3n) is 2.77. The van der Waals surface area contributed by atoms with Crippen LogP contribution >= 0.6 is 22.9 Å². The first-order valence-electron chi connectivity index (χ1n) is 5.77. The maximum atomic E-state index is 13.5. The zero-order valence-electron chi connectivity index (χ0n) is 9.92. The summed E-state index contributed by atoms with van der Waals surface area (Å²) in [4.78, 5) is 2.24. The molecule has 18 heavy (non-hydrogen) atoms. The molecular weight excluding hydrogens is 274 g/mol. The van der Waals surface area contributed by atoms with E-state index in [1.54, 1.807) is 17.4 Å². The number of benzene rings is 1. The lowest BCUT2D eigenvalue weighted by molar-refractivity contribution is 0.498. The molecule has 0 aliphatic heterocycles. The van der Waals surface area contributed by atoms with E-state index in [4.69, 9.17) is 11.6 Å². The number of hydrogen-bond donors (Lipinski definition) is 0. The van der Waals surface area contributed by atoms with E-state index >= 15 is 0 Å². The van der Waals surface area contributed by atoms with E-state index < -0.39 is 11.6 Å². The highest BCUT2D eigenvalue weighted by atomic mass is 35.5. The van der Waals surface area contributed by atoms with Crippen LogP contribution in [-0.4, -0.2) is 0 Å². The van der Waals surface area contributed by atoms with Gasteiger partial charge in [0.15, 0.2) is 11.6 Å². The Hall–Kier alpha value is -0.930. The van der Waals surface area contributed by atoms with E-state index in [9.17, 15) is 8.78 Å². The predicted octanol–water partition coefficient (Wildman–Crippen LogP) is 5.11. The molecule has 1 heterocycles. The van der Waals surface area contributed by atoms with E-state index in [0.717, 1.165) is 17.4 Å². The number of halogens is 3. The van der Waals surface area contributed by atoms with Crippen LogP contribution < -0.4 is 0 Å². The highest BCUT2D eigenvalue weighted by Crippen LogP contribution is 2.32. The molecule has 0 saturated carbocycles. The van der Waals surface area contributed by atoms with Gasteiger partial charge in [-0.2, -0.15) is 0 Å². The molecule has 0 N–H and O–H groups in total. The van der Waals surface area contributed by atoms with Crippen molar-refractivity contribution in [3.63, 3.8) is 0 Å². The molecule has 2 rings (SSSR count). The zero-order chi connectivity index (χ0) is 13.1. The van der Waals surface area contributed by atoms with Gasteiger partial charge in [-0.15, -0.1) is 22.9 Å². The molecule has 1 aromatic heterocycles. The van der Waals surface area contributed by atoms with Gasteiger partial charge < -0.3 is 0 Å². The van der Waals surface area contributed by atoms with Gasteiger partial charge in [0.2, 0.25) is 0 Å². The van der Waals surface area contributed by atoms with Gasteiger partial charge in [-0.25, -0.2) is 8.78 Å². The highest BCUT2D eigenvalue weighted by Gasteiger charge is 2.15. The Labute approximate surface area is 114 Å². The predicted molar refractivity (Wildman–Crippen MR) is 72.4 cm³/mol. The highest BCUT2D eigenvalue weighted by molar-refractivity contribution is 7.12. The minimum Gasteiger partial charge on any atom is -0.204 e. The van der Waals surface area contributed by atoms with Crippen molar-refractivity contribution in [2.45, 2.75) is 25.1 Å². The molecule has 4 heteroatoms. The van der Waals surface area contributed by atoms with E-state index in [1.165, 1.54) is 10.9 Å². The van der Waals surface area contributed by atoms with E-state index in [2.05, 4.69) is 6.92 Å². The van der Waals surface area contributed by atoms with Crippen LogP contribution in [0.4, 0.5) is 8.78 Å². The van der Waals surface area contributed by atoms with Crippen molar-refractivity contribution in [3.05, 3.63) is 57.3 Å². The molecule has 1 atom stereocenters. The van der Waals surface area contributed by atoms with Crippen molar-refractivity contribution in [3.8, 4) is 0 Å². The molecule has 1 unspecified atom stereocenters. The van der Waals surface area contributed by atoms with E-state index in [1.807, 2.05) is 12.1 Å². The molecule has 0 spiro atoms. The minimum absolute atomic E-state index is 0.300. The van der Waals surface area contributed by atoms with Gasteiger partial charge in [-0.1, -0.05) is 19.1 Å². The second-order valence-electron chi connectivity index (χ2n) is 4.04. The number of alkyl halides is 1. The maximum Gasteiger partial charge on any atom is 0.162 e. The van der Waals surface area contributed by atoms with Gasteiger partial charge in [0.25, 0.3) is 0 Å². The molecule has 1 aromatic carbocycles. The smallest absolute Gasteiger partial charge is 0.162 e. The van der Waals surface area contributed by atoms with Crippen molar-refractivity contribution in [2.75, 3.05) is 0 Å². The van der Waals surface area contributed by atoms with E-state index in [-0.39, 0.29) is 5.38 Å². The average Bonchev–Trinajstić information content (AvgIpc) is 2.83. The normalized spacial score (nSPS) is 12.7. The first-order chi connectivity index (χ1) is 8.61. The Balaban J connectivity index is 2.15. The van der Waals surface area contributed by atoms with Gasteiger partial charge >= 0.3 is 0 Å². The summed E-state index contributed by atoms with van der Waals surface area (Å²) in [5, 5.41) is -0.313. The van der Waals surface area contributed by atoms with Crippen LogP contribution in [0.15, 0.2) is 30.3 Å². The van der Waals surface area contributed by atoms with Crippen molar-refractivity contribution < 1.29 is 8.78 Å². The molecule has 0 amide bonds. The summed E-state index contributed by atoms with van der Waals surface area (Å²) in [7, 11) is 0. The summed E-state index contributed by atoms with van der Waals surface area (Å²) >= 11 is 7.88.